The predicted molar refractivity (Wildman–Crippen MR) is 115 cm³/mol. The van der Waals surface area contributed by atoms with Crippen LogP contribution in [0.4, 0.5) is 10.1 Å². The van der Waals surface area contributed by atoms with E-state index in [9.17, 15) is 0 Å². The van der Waals surface area contributed by atoms with Crippen molar-refractivity contribution in [1.82, 2.24) is 8.96 Å². The summed E-state index contributed by atoms with van der Waals surface area (Å²) in [6.07, 6.45) is 3.48. The van der Waals surface area contributed by atoms with Gasteiger partial charge < -0.3 is 18.9 Å². The molecule has 2 fully saturated rings. The lowest BCUT2D eigenvalue weighted by molar-refractivity contribution is 0.00578. The number of anilines is 1. The Morgan fingerprint density at radius 1 is 1.19 bits per heavy atom. The van der Waals surface area contributed by atoms with Gasteiger partial charge in [-0.3, -0.25) is 3.97 Å². The lowest BCUT2D eigenvalue weighted by atomic mass is 9.79. The molecule has 10 heteroatoms. The Labute approximate surface area is 175 Å². The monoisotopic (exact) mass is 505 g/mol. The molecule has 0 aromatic carbocycles. The van der Waals surface area contributed by atoms with Gasteiger partial charge in [0.2, 0.25) is 0 Å². The van der Waals surface area contributed by atoms with E-state index in [1.807, 2.05) is 42.8 Å². The molecular weight excluding hydrogens is 483 g/mol. The number of morpholine rings is 1. The molecule has 0 atom stereocenters. The molecule has 0 bridgehead atoms. The molecule has 4 rings (SSSR count). The summed E-state index contributed by atoms with van der Waals surface area (Å²) < 4.78 is 35.2. The standard InChI is InChI=1S/C17H22BFIN3O3S/c1-16(2)17(3,4)26-18(25-16)11-10-23(27-20)15-13(11)14(19)12(9-21-15)22-5-7-24-8-6-22/h9-10H,5-8H2,1-4H3. The van der Waals surface area contributed by atoms with E-state index in [1.165, 1.54) is 9.12 Å². The van der Waals surface area contributed by atoms with Crippen LogP contribution in [0.5, 0.6) is 0 Å². The van der Waals surface area contributed by atoms with Crippen LogP contribution >= 0.6 is 30.3 Å². The summed E-state index contributed by atoms with van der Waals surface area (Å²) in [4.78, 5) is 6.54. The van der Waals surface area contributed by atoms with Crippen LogP contribution in [0.2, 0.25) is 0 Å². The van der Waals surface area contributed by atoms with Crippen LogP contribution in [0, 0.1) is 5.82 Å². The van der Waals surface area contributed by atoms with Crippen molar-refractivity contribution in [2.24, 2.45) is 0 Å². The molecule has 27 heavy (non-hydrogen) atoms. The molecule has 0 spiro atoms. The molecule has 0 unspecified atom stereocenters. The Hall–Kier alpha value is -0.555. The van der Waals surface area contributed by atoms with Gasteiger partial charge in [0, 0.05) is 55.1 Å². The zero-order chi connectivity index (χ0) is 19.4. The number of hydrogen-bond donors (Lipinski definition) is 0. The predicted octanol–water partition coefficient (Wildman–Crippen LogP) is 3.16. The second-order valence-electron chi connectivity index (χ2n) is 7.82. The van der Waals surface area contributed by atoms with Gasteiger partial charge >= 0.3 is 7.12 Å². The number of ether oxygens (including phenoxy) is 1. The van der Waals surface area contributed by atoms with E-state index in [1.54, 1.807) is 6.20 Å². The van der Waals surface area contributed by atoms with E-state index in [2.05, 4.69) is 26.2 Å². The normalized spacial score (nSPS) is 22.0. The minimum atomic E-state index is -0.640. The molecule has 2 aromatic heterocycles. The van der Waals surface area contributed by atoms with Crippen molar-refractivity contribution in [2.75, 3.05) is 31.2 Å². The molecule has 0 radical (unpaired) electrons. The Kier molecular flexibility index (Phi) is 5.16. The first kappa shape index (κ1) is 19.7. The Balaban J connectivity index is 1.83. The van der Waals surface area contributed by atoms with E-state index in [0.29, 0.717) is 48.5 Å². The van der Waals surface area contributed by atoms with Crippen LogP contribution in [-0.2, 0) is 14.0 Å². The second kappa shape index (κ2) is 7.05. The molecule has 0 aliphatic carbocycles. The van der Waals surface area contributed by atoms with Crippen LogP contribution in [0.3, 0.4) is 0 Å². The quantitative estimate of drug-likeness (QED) is 0.472. The van der Waals surface area contributed by atoms with Crippen molar-refractivity contribution in [3.63, 3.8) is 0 Å². The summed E-state index contributed by atoms with van der Waals surface area (Å²) in [6, 6.07) is 0. The summed E-state index contributed by atoms with van der Waals surface area (Å²) in [5.74, 6) is -0.282. The number of hydrogen-bond acceptors (Lipinski definition) is 6. The third kappa shape index (κ3) is 3.27. The fourth-order valence-electron chi connectivity index (χ4n) is 3.37. The molecule has 0 saturated carbocycles. The Bertz CT molecular complexity index is 857. The minimum Gasteiger partial charge on any atom is -0.399 e. The topological polar surface area (TPSA) is 48.8 Å². The molecule has 0 amide bonds. The van der Waals surface area contributed by atoms with Gasteiger partial charge in [-0.05, 0) is 27.7 Å². The van der Waals surface area contributed by atoms with Gasteiger partial charge in [0.25, 0.3) is 0 Å². The Morgan fingerprint density at radius 2 is 1.81 bits per heavy atom. The fraction of sp³-hybridized carbons (Fsp3) is 0.588. The van der Waals surface area contributed by atoms with E-state index >= 15 is 4.39 Å². The van der Waals surface area contributed by atoms with Gasteiger partial charge in [0.15, 0.2) is 11.5 Å². The summed E-state index contributed by atoms with van der Waals surface area (Å²) in [6.45, 7) is 10.5. The van der Waals surface area contributed by atoms with Crippen LogP contribution < -0.4 is 10.4 Å². The third-order valence-electron chi connectivity index (χ3n) is 5.66. The maximum atomic E-state index is 15.6. The maximum Gasteiger partial charge on any atom is 0.497 e. The number of rotatable bonds is 3. The smallest absolute Gasteiger partial charge is 0.399 e. The van der Waals surface area contributed by atoms with Crippen LogP contribution in [0.1, 0.15) is 27.7 Å². The number of halogens is 2. The van der Waals surface area contributed by atoms with Crippen molar-refractivity contribution in [1.29, 1.82) is 0 Å². The average molecular weight is 505 g/mol. The molecule has 146 valence electrons. The molecule has 2 saturated heterocycles. The highest BCUT2D eigenvalue weighted by Gasteiger charge is 2.52. The summed E-state index contributed by atoms with van der Waals surface area (Å²) >= 11 is 2.16. The molecule has 2 aromatic rings. The lowest BCUT2D eigenvalue weighted by Gasteiger charge is -2.32. The van der Waals surface area contributed by atoms with Crippen LogP contribution in [-0.4, -0.2) is 53.6 Å². The van der Waals surface area contributed by atoms with Gasteiger partial charge in [0.1, 0.15) is 0 Å². The summed E-state index contributed by atoms with van der Waals surface area (Å²) in [5.41, 5.74) is 0.770. The first-order valence-electron chi connectivity index (χ1n) is 8.92. The number of nitrogens with zero attached hydrogens (tertiary/aromatic N) is 3. The van der Waals surface area contributed by atoms with Gasteiger partial charge in [-0.2, -0.15) is 0 Å². The minimum absolute atomic E-state index is 0.282. The number of pyridine rings is 1. The molecule has 2 aliphatic heterocycles. The van der Waals surface area contributed by atoms with E-state index < -0.39 is 18.3 Å². The summed E-state index contributed by atoms with van der Waals surface area (Å²) in [7, 11) is 0.800. The molecule has 2 aliphatic rings. The van der Waals surface area contributed by atoms with Gasteiger partial charge in [0.05, 0.1) is 41.7 Å². The van der Waals surface area contributed by atoms with Crippen molar-refractivity contribution in [3.8, 4) is 0 Å². The molecule has 4 heterocycles. The maximum absolute atomic E-state index is 15.6. The highest BCUT2D eigenvalue weighted by molar-refractivity contribution is 14.2. The largest absolute Gasteiger partial charge is 0.497 e. The zero-order valence-electron chi connectivity index (χ0n) is 15.8. The number of fused-ring (bicyclic) bond motifs is 1. The van der Waals surface area contributed by atoms with E-state index in [4.69, 9.17) is 14.0 Å². The van der Waals surface area contributed by atoms with Gasteiger partial charge in [-0.1, -0.05) is 0 Å². The first-order valence-corrected chi connectivity index (χ1v) is 12.2. The van der Waals surface area contributed by atoms with Crippen molar-refractivity contribution in [3.05, 3.63) is 18.2 Å². The zero-order valence-corrected chi connectivity index (χ0v) is 18.8. The summed E-state index contributed by atoms with van der Waals surface area (Å²) in [5, 5.41) is 0.460. The van der Waals surface area contributed by atoms with Crippen molar-refractivity contribution < 1.29 is 18.4 Å². The fourth-order valence-corrected chi connectivity index (χ4v) is 4.63. The van der Waals surface area contributed by atoms with Gasteiger partial charge in [-0.25, -0.2) is 9.37 Å². The molecular formula is C17H22BFIN3O3S. The van der Waals surface area contributed by atoms with E-state index in [-0.39, 0.29) is 5.82 Å². The van der Waals surface area contributed by atoms with Crippen molar-refractivity contribution in [2.45, 2.75) is 38.9 Å². The number of aromatic nitrogens is 2. The van der Waals surface area contributed by atoms with Gasteiger partial charge in [-0.15, -0.1) is 0 Å². The van der Waals surface area contributed by atoms with Crippen LogP contribution in [0.25, 0.3) is 11.0 Å². The molecule has 6 nitrogen and oxygen atoms in total. The third-order valence-corrected chi connectivity index (χ3v) is 7.36. The SMILES string of the molecule is CC1(C)OB(c2cn(SI)c3ncc(N4CCOCC4)c(F)c23)OC1(C)C. The average Bonchev–Trinajstić information content (AvgIpc) is 3.11. The highest BCUT2D eigenvalue weighted by atomic mass is 127. The second-order valence-corrected chi connectivity index (χ2v) is 9.54. The lowest BCUT2D eigenvalue weighted by Crippen LogP contribution is -2.41. The Morgan fingerprint density at radius 3 is 2.41 bits per heavy atom. The first-order chi connectivity index (χ1) is 12.7. The van der Waals surface area contributed by atoms with E-state index in [0.717, 1.165) is 0 Å². The van der Waals surface area contributed by atoms with Crippen molar-refractivity contribution >= 4 is 59.6 Å². The molecule has 0 N–H and O–H groups in total. The van der Waals surface area contributed by atoms with Crippen LogP contribution in [0.15, 0.2) is 12.4 Å². The highest BCUT2D eigenvalue weighted by Crippen LogP contribution is 2.38.